The predicted octanol–water partition coefficient (Wildman–Crippen LogP) is -1.75. The SMILES string of the molecule is CO[Si-](O)O[Si-](O)OC. The largest absolute Gasteiger partial charge is 0.721 e. The van der Waals surface area contributed by atoms with Crippen LogP contribution >= 0.6 is 0 Å². The van der Waals surface area contributed by atoms with Gasteiger partial charge in [-0.2, -0.15) is 0 Å². The average molecular weight is 168 g/mol. The average Bonchev–Trinajstić information content (AvgIpc) is 1.87. The summed E-state index contributed by atoms with van der Waals surface area (Å²) in [7, 11) is -1.96. The maximum atomic E-state index is 8.60. The van der Waals surface area contributed by atoms with Crippen LogP contribution in [0.15, 0.2) is 0 Å². The molecule has 0 aliphatic carbocycles. The van der Waals surface area contributed by atoms with Crippen LogP contribution in [-0.2, 0) is 13.0 Å². The Bertz CT molecular complexity index is 62.0. The highest BCUT2D eigenvalue weighted by Gasteiger charge is 1.88. The van der Waals surface area contributed by atoms with Crippen LogP contribution < -0.4 is 0 Å². The molecular weight excluding hydrogens is 160 g/mol. The lowest BCUT2D eigenvalue weighted by molar-refractivity contribution is 0.169. The van der Waals surface area contributed by atoms with Crippen LogP contribution in [-0.4, -0.2) is 42.9 Å². The van der Waals surface area contributed by atoms with Gasteiger partial charge in [-0.25, -0.2) is 0 Å². The zero-order valence-corrected chi connectivity index (χ0v) is 7.12. The summed E-state index contributed by atoms with van der Waals surface area (Å²) >= 11 is 0. The van der Waals surface area contributed by atoms with Crippen molar-refractivity contribution in [3.8, 4) is 0 Å². The molecule has 5 nitrogen and oxygen atoms in total. The summed E-state index contributed by atoms with van der Waals surface area (Å²) in [6.45, 7) is 0. The van der Waals surface area contributed by atoms with E-state index < -0.39 is 19.1 Å². The zero-order chi connectivity index (χ0) is 7.28. The first-order valence-electron chi connectivity index (χ1n) is 2.08. The molecule has 0 rings (SSSR count). The molecule has 0 aliphatic heterocycles. The Labute approximate surface area is 56.7 Å². The number of hydrogen-bond donors (Lipinski definition) is 2. The monoisotopic (exact) mass is 168 g/mol. The van der Waals surface area contributed by atoms with Gasteiger partial charge in [-0.05, 0) is 14.2 Å². The maximum Gasteiger partial charge on any atom is 0.171 e. The Balaban J connectivity index is 3.22. The van der Waals surface area contributed by atoms with E-state index in [1.807, 2.05) is 0 Å². The first kappa shape index (κ1) is 9.23. The molecule has 0 radical (unpaired) electrons. The van der Waals surface area contributed by atoms with Gasteiger partial charge in [-0.3, -0.25) is 0 Å². The normalized spacial score (nSPS) is 11.3. The Morgan fingerprint density at radius 1 is 1.00 bits per heavy atom. The van der Waals surface area contributed by atoms with Crippen molar-refractivity contribution in [3.05, 3.63) is 0 Å². The van der Waals surface area contributed by atoms with Crippen molar-refractivity contribution in [2.75, 3.05) is 14.2 Å². The highest BCUT2D eigenvalue weighted by Crippen LogP contribution is 1.85. The van der Waals surface area contributed by atoms with Gasteiger partial charge in [0.1, 0.15) is 0 Å². The molecule has 0 aliphatic rings. The van der Waals surface area contributed by atoms with Gasteiger partial charge in [0.15, 0.2) is 19.1 Å². The molecule has 0 amide bonds. The molecule has 0 heterocycles. The van der Waals surface area contributed by atoms with Gasteiger partial charge in [0.05, 0.1) is 0 Å². The highest BCUT2D eigenvalue weighted by molar-refractivity contribution is 6.50. The quantitative estimate of drug-likeness (QED) is 0.487. The van der Waals surface area contributed by atoms with Crippen molar-refractivity contribution in [2.45, 2.75) is 0 Å². The van der Waals surface area contributed by atoms with E-state index >= 15 is 0 Å². The van der Waals surface area contributed by atoms with Gasteiger partial charge < -0.3 is 22.6 Å². The third-order valence-corrected chi connectivity index (χ3v) is 2.62. The number of rotatable bonds is 4. The molecule has 0 atom stereocenters. The minimum absolute atomic E-state index is 1.29. The molecule has 0 spiro atoms. The minimum Gasteiger partial charge on any atom is -0.721 e. The van der Waals surface area contributed by atoms with Gasteiger partial charge in [0, 0.05) is 0 Å². The summed E-state index contributed by atoms with van der Waals surface area (Å²) in [5.41, 5.74) is 0. The van der Waals surface area contributed by atoms with Gasteiger partial charge in [-0.15, -0.1) is 0 Å². The van der Waals surface area contributed by atoms with Gasteiger partial charge in [0.2, 0.25) is 0 Å². The molecule has 0 aromatic heterocycles. The Morgan fingerprint density at radius 2 is 1.33 bits per heavy atom. The van der Waals surface area contributed by atoms with E-state index in [-0.39, 0.29) is 0 Å². The van der Waals surface area contributed by atoms with E-state index in [0.29, 0.717) is 0 Å². The summed E-state index contributed by atoms with van der Waals surface area (Å²) in [6.07, 6.45) is 0. The first-order chi connectivity index (χ1) is 4.20. The lowest BCUT2D eigenvalue weighted by Crippen LogP contribution is -2.32. The van der Waals surface area contributed by atoms with Crippen LogP contribution in [0.5, 0.6) is 0 Å². The molecule has 7 heteroatoms. The van der Waals surface area contributed by atoms with Gasteiger partial charge in [-0.1, -0.05) is 0 Å². The summed E-state index contributed by atoms with van der Waals surface area (Å²) in [5.74, 6) is 0. The van der Waals surface area contributed by atoms with Crippen LogP contribution in [0, 0.1) is 0 Å². The van der Waals surface area contributed by atoms with E-state index in [9.17, 15) is 0 Å². The van der Waals surface area contributed by atoms with E-state index in [4.69, 9.17) is 9.59 Å². The van der Waals surface area contributed by atoms with Crippen molar-refractivity contribution < 1.29 is 22.6 Å². The van der Waals surface area contributed by atoms with E-state index in [2.05, 4.69) is 13.0 Å². The van der Waals surface area contributed by atoms with Crippen molar-refractivity contribution in [3.63, 3.8) is 0 Å². The second-order valence-corrected chi connectivity index (χ2v) is 3.74. The minimum atomic E-state index is -2.27. The fourth-order valence-corrected chi connectivity index (χ4v) is 1.42. The lowest BCUT2D eigenvalue weighted by atomic mass is 11.8. The Morgan fingerprint density at radius 3 is 1.56 bits per heavy atom. The van der Waals surface area contributed by atoms with Crippen molar-refractivity contribution in [1.82, 2.24) is 0 Å². The molecule has 0 aromatic carbocycles. The molecular formula is C2H8O5Si2-2. The topological polar surface area (TPSA) is 68.2 Å². The third-order valence-electron chi connectivity index (χ3n) is 0.524. The third kappa shape index (κ3) is 4.72. The smallest absolute Gasteiger partial charge is 0.171 e. The summed E-state index contributed by atoms with van der Waals surface area (Å²) in [5, 5.41) is 0. The molecule has 0 saturated carbocycles. The van der Waals surface area contributed by atoms with Crippen molar-refractivity contribution >= 4 is 19.1 Å². The predicted molar refractivity (Wildman–Crippen MR) is 31.0 cm³/mol. The Hall–Kier alpha value is 0.234. The fraction of sp³-hybridized carbons (Fsp3) is 1.00. The molecule has 0 fully saturated rings. The zero-order valence-electron chi connectivity index (χ0n) is 5.12. The Kier molecular flexibility index (Phi) is 5.18. The molecule has 0 saturated heterocycles. The van der Waals surface area contributed by atoms with Crippen molar-refractivity contribution in [1.29, 1.82) is 0 Å². The van der Waals surface area contributed by atoms with Crippen LogP contribution in [0.4, 0.5) is 0 Å². The number of hydrogen-bond acceptors (Lipinski definition) is 5. The standard InChI is InChI=1S/C2H8O5Si2/c1-5-8(3)7-9(4)6-2/h3-4H,1-2H3/q-2. The first-order valence-corrected chi connectivity index (χ1v) is 4.61. The van der Waals surface area contributed by atoms with E-state index in [0.717, 1.165) is 0 Å². The van der Waals surface area contributed by atoms with Gasteiger partial charge in [0.25, 0.3) is 0 Å². The summed E-state index contributed by atoms with van der Waals surface area (Å²) < 4.78 is 13.1. The van der Waals surface area contributed by atoms with Crippen molar-refractivity contribution in [2.24, 2.45) is 0 Å². The molecule has 9 heavy (non-hydrogen) atoms. The van der Waals surface area contributed by atoms with Crippen LogP contribution in [0.3, 0.4) is 0 Å². The molecule has 2 N–H and O–H groups in total. The molecule has 0 aromatic rings. The maximum absolute atomic E-state index is 8.60. The summed E-state index contributed by atoms with van der Waals surface area (Å²) in [6, 6.07) is 0. The lowest BCUT2D eigenvalue weighted by Gasteiger charge is -2.35. The molecule has 0 unspecified atom stereocenters. The van der Waals surface area contributed by atoms with Gasteiger partial charge >= 0.3 is 0 Å². The highest BCUT2D eigenvalue weighted by atomic mass is 28.4. The van der Waals surface area contributed by atoms with E-state index in [1.54, 1.807) is 0 Å². The second-order valence-electron chi connectivity index (χ2n) is 1.04. The second kappa shape index (κ2) is 5.05. The summed E-state index contributed by atoms with van der Waals surface area (Å²) in [4.78, 5) is 17.2. The molecule has 0 bridgehead atoms. The van der Waals surface area contributed by atoms with Crippen LogP contribution in [0.2, 0.25) is 0 Å². The van der Waals surface area contributed by atoms with E-state index in [1.165, 1.54) is 14.2 Å². The van der Waals surface area contributed by atoms with Crippen LogP contribution in [0.1, 0.15) is 0 Å². The molecule has 56 valence electrons. The van der Waals surface area contributed by atoms with Crippen LogP contribution in [0.25, 0.3) is 0 Å². The fourth-order valence-electron chi connectivity index (χ4n) is 0.158.